The van der Waals surface area contributed by atoms with Crippen LogP contribution in [0, 0.1) is 11.3 Å². The predicted octanol–water partition coefficient (Wildman–Crippen LogP) is -0.520. The molecule has 0 spiro atoms. The molecule has 6 aliphatic rings. The first kappa shape index (κ1) is 134. The summed E-state index contributed by atoms with van der Waals surface area (Å²) in [4.78, 5) is 102. The van der Waals surface area contributed by atoms with Gasteiger partial charge in [0.1, 0.15) is 42.2 Å². The number of carboxylic acids is 1. The number of ether oxygens (including phenoxy) is 13. The minimum absolute atomic E-state index is 0. The van der Waals surface area contributed by atoms with Crippen LogP contribution in [0.25, 0.3) is 0 Å². The van der Waals surface area contributed by atoms with Gasteiger partial charge in [0.05, 0.1) is 158 Å². The average molecular weight is 1960 g/mol. The fourth-order valence-corrected chi connectivity index (χ4v) is 12.5. The number of nitriles is 1. The van der Waals surface area contributed by atoms with E-state index in [-0.39, 0.29) is 311 Å². The number of hydrogen-bond acceptors (Lipinski definition) is 40. The predicted molar refractivity (Wildman–Crippen MR) is 450 cm³/mol. The Morgan fingerprint density at radius 3 is 0.625 bits per heavy atom. The van der Waals surface area contributed by atoms with Crippen LogP contribution in [0.1, 0.15) is 271 Å². The van der Waals surface area contributed by atoms with Crippen LogP contribution >= 0.6 is 0 Å². The molecule has 6 aliphatic heterocycles. The molecule has 0 aromatic carbocycles. The third kappa shape index (κ3) is 87.3. The van der Waals surface area contributed by atoms with Gasteiger partial charge in [-0.15, -0.1) is 0 Å². The van der Waals surface area contributed by atoms with Gasteiger partial charge < -0.3 is 109 Å². The summed E-state index contributed by atoms with van der Waals surface area (Å²) in [5, 5.41) is 77.1. The molecule has 41 nitrogen and oxygen atoms in total. The van der Waals surface area contributed by atoms with E-state index >= 15 is 0 Å². The zero-order valence-electron chi connectivity index (χ0n) is 79.6. The number of carbonyl (C=O) groups excluding carboxylic acids is 8. The standard InChI is InChI=1S/3C16H28O6.C10H18O4.3C7H14O5S.C2H3N.CH2O3.2K.H/c3*1-16(2,3)22-15(19)7-5-4-6-14(18)20-11-13-9-8-12(10-17)21-13;1-10(2,3)14-9(13)7-5-4-6-8(11)12;3*1-13(9,10)11-5-7-3-2-6(4-8)12-7;1-2-3;2-1-4-3;;;/h3*12-13,17H,4-11H2,1-3H3;4-7H2,1-3H3,(H,11,12);3*6-8H,2-5H2,1H3;1H3;1,3H;;;/q;;;;;;;;;2*+1;-1/p-1/t12-,13+;2*12-,13-;;6-,7+;2*6-,7-;;;;;/m110.110...../s1. The number of aliphatic carboxylic acids is 1. The Bertz CT molecular complexity index is 3110. The van der Waals surface area contributed by atoms with E-state index in [1.54, 1.807) is 6.07 Å². The van der Waals surface area contributed by atoms with Crippen LogP contribution in [0.5, 0.6) is 0 Å². The largest absolute Gasteiger partial charge is 1.00 e. The molecular formula is C82H149K2NO40S3. The number of nitrogens with zero attached hydrogens (tertiary/aromatic N) is 1. The van der Waals surface area contributed by atoms with Crippen LogP contribution in [0.4, 0.5) is 0 Å². The molecule has 6 heterocycles. The summed E-state index contributed by atoms with van der Waals surface area (Å²) in [6, 6.07) is 1.75. The first-order valence-electron chi connectivity index (χ1n) is 42.3. The maximum Gasteiger partial charge on any atom is 1.00 e. The van der Waals surface area contributed by atoms with Crippen molar-refractivity contribution in [2.75, 3.05) is 98.0 Å². The van der Waals surface area contributed by atoms with Gasteiger partial charge in [0, 0.05) is 58.3 Å². The Balaban J connectivity index is -0.000000340. The quantitative estimate of drug-likeness (QED) is 0.00591. The normalized spacial score (nSPS) is 21.5. The number of rotatable bonds is 42. The number of carboxylic acid groups (broad SMARTS) is 1. The van der Waals surface area contributed by atoms with E-state index in [0.717, 1.165) is 95.8 Å². The molecule has 0 radical (unpaired) electrons. The summed E-state index contributed by atoms with van der Waals surface area (Å²) in [6.07, 6.45) is 17.5. The van der Waals surface area contributed by atoms with Gasteiger partial charge in [0.25, 0.3) is 36.8 Å². The van der Waals surface area contributed by atoms with E-state index in [0.29, 0.717) is 96.3 Å². The molecule has 0 aromatic heterocycles. The maximum atomic E-state index is 11.6. The monoisotopic (exact) mass is 1960 g/mol. The summed E-state index contributed by atoms with van der Waals surface area (Å²) in [7, 11) is -10.1. The third-order valence-corrected chi connectivity index (χ3v) is 18.6. The van der Waals surface area contributed by atoms with E-state index in [4.69, 9.17) is 113 Å². The molecule has 0 saturated carbocycles. The number of esters is 7. The molecule has 6 saturated heterocycles. The van der Waals surface area contributed by atoms with Crippen molar-refractivity contribution in [3.05, 3.63) is 0 Å². The van der Waals surface area contributed by atoms with Gasteiger partial charge in [-0.3, -0.25) is 55.7 Å². The Hall–Kier alpha value is -2.80. The Morgan fingerprint density at radius 2 is 0.492 bits per heavy atom. The second-order valence-corrected chi connectivity index (χ2v) is 38.8. The molecule has 7 N–H and O–H groups in total. The van der Waals surface area contributed by atoms with Crippen molar-refractivity contribution < 1.29 is 293 Å². The zero-order chi connectivity index (χ0) is 96.8. The Morgan fingerprint density at radius 1 is 0.344 bits per heavy atom. The van der Waals surface area contributed by atoms with Crippen LogP contribution in [-0.2, 0) is 153 Å². The van der Waals surface area contributed by atoms with Crippen molar-refractivity contribution in [1.29, 1.82) is 5.26 Å². The van der Waals surface area contributed by atoms with E-state index in [1.807, 2.05) is 83.1 Å². The average Bonchev–Trinajstić information content (AvgIpc) is 1.87. The van der Waals surface area contributed by atoms with Gasteiger partial charge >= 0.3 is 151 Å². The summed E-state index contributed by atoms with van der Waals surface area (Å²) >= 11 is 0. The van der Waals surface area contributed by atoms with E-state index in [2.05, 4.69) is 17.4 Å². The minimum atomic E-state index is -3.38. The molecule has 6 rings (SSSR count). The third-order valence-electron chi connectivity index (χ3n) is 16.9. The van der Waals surface area contributed by atoms with Gasteiger partial charge in [0.15, 0.2) is 0 Å². The fraction of sp³-hybridized carbons (Fsp3) is 0.878. The van der Waals surface area contributed by atoms with Crippen LogP contribution < -0.4 is 108 Å². The Kier molecular flexibility index (Phi) is 78.7. The molecule has 0 aliphatic carbocycles. The van der Waals surface area contributed by atoms with Crippen molar-refractivity contribution in [3.63, 3.8) is 0 Å². The van der Waals surface area contributed by atoms with Crippen LogP contribution in [0.2, 0.25) is 0 Å². The first-order chi connectivity index (χ1) is 58.6. The summed E-state index contributed by atoms with van der Waals surface area (Å²) in [6.45, 7) is 24.0. The number of aliphatic hydroxyl groups is 6. The molecular weight excluding hydrogens is 1810 g/mol. The number of carbonyl (C=O) groups is 9. The zero-order valence-corrected chi connectivity index (χ0v) is 87.3. The molecule has 6 fully saturated rings. The Labute approximate surface area is 843 Å². The molecule has 742 valence electrons. The SMILES string of the molecule is CC#N.CC(C)(C)OC(=O)CCCCC(=O)O.CC(C)(C)OC(=O)CCCCC(=O)OC[C@@H]1CC[C@@H](CO)O1.CC(C)(C)OC(=O)CCCCC(=O)OC[C@@H]1CC[C@H](CO)O1.CC(C)(C)OC(=O)CCCCC(=O)OC[C@H]1CC[C@H](CO)O1.CS(=O)(=O)OC[C@@H]1CC[C@@H](CO)O1.CS(=O)(=O)OC[C@@H]1CC[C@H](CO)O1.CS(=O)(=O)OC[C@H]1CC[C@H](CO)O1.O=CO[O-].[H-].[K+].[K+]. The molecule has 12 atom stereocenters. The van der Waals surface area contributed by atoms with Crippen molar-refractivity contribution >= 4 is 84.6 Å². The van der Waals surface area contributed by atoms with Gasteiger partial charge in [-0.2, -0.15) is 30.5 Å². The van der Waals surface area contributed by atoms with Crippen LogP contribution in [0.3, 0.4) is 0 Å². The van der Waals surface area contributed by atoms with Gasteiger partial charge in [0.2, 0.25) is 0 Å². The smallest absolute Gasteiger partial charge is 1.00 e. The number of hydrogen-bond donors (Lipinski definition) is 7. The second-order valence-electron chi connectivity index (χ2n) is 33.8. The van der Waals surface area contributed by atoms with Crippen LogP contribution in [0.15, 0.2) is 0 Å². The van der Waals surface area contributed by atoms with Crippen molar-refractivity contribution in [3.8, 4) is 6.07 Å². The molecule has 0 bridgehead atoms. The molecule has 0 amide bonds. The minimum Gasteiger partial charge on any atom is -1.00 e. The van der Waals surface area contributed by atoms with Gasteiger partial charge in [-0.25, -0.2) is 0 Å². The van der Waals surface area contributed by atoms with Gasteiger partial charge in [-0.1, -0.05) is 0 Å². The number of aliphatic hydroxyl groups excluding tert-OH is 6. The molecule has 0 aromatic rings. The molecule has 0 unspecified atom stereocenters. The van der Waals surface area contributed by atoms with Crippen molar-refractivity contribution in [2.45, 2.75) is 365 Å². The molecule has 128 heavy (non-hydrogen) atoms. The topological polar surface area (TPSA) is 601 Å². The van der Waals surface area contributed by atoms with Crippen molar-refractivity contribution in [1.82, 2.24) is 0 Å². The first-order valence-corrected chi connectivity index (χ1v) is 47.7. The van der Waals surface area contributed by atoms with Gasteiger partial charge in [-0.05, 0) is 212 Å². The van der Waals surface area contributed by atoms with E-state index in [1.165, 1.54) is 6.92 Å². The maximum absolute atomic E-state index is 11.6. The van der Waals surface area contributed by atoms with Crippen molar-refractivity contribution in [2.24, 2.45) is 0 Å². The molecule has 46 heteroatoms. The summed E-state index contributed by atoms with van der Waals surface area (Å²) in [5.41, 5.74) is -1.86. The number of unbranched alkanes of at least 4 members (excludes halogenated alkanes) is 4. The summed E-state index contributed by atoms with van der Waals surface area (Å²) in [5.74, 6) is -2.64. The van der Waals surface area contributed by atoms with E-state index in [9.17, 15) is 63.6 Å². The summed E-state index contributed by atoms with van der Waals surface area (Å²) < 4.78 is 146. The second kappa shape index (κ2) is 75.3. The fourth-order valence-electron chi connectivity index (χ4n) is 11.3. The van der Waals surface area contributed by atoms with Crippen LogP contribution in [-0.4, -0.2) is 309 Å². The van der Waals surface area contributed by atoms with E-state index < -0.39 is 58.7 Å².